The van der Waals surface area contributed by atoms with Gasteiger partial charge in [0.2, 0.25) is 0 Å². The van der Waals surface area contributed by atoms with E-state index in [1.807, 2.05) is 13.8 Å². The molecule has 0 atom stereocenters. The number of anilines is 1. The van der Waals surface area contributed by atoms with E-state index in [0.717, 1.165) is 4.47 Å². The maximum Gasteiger partial charge on any atom is 0.313 e. The van der Waals surface area contributed by atoms with Crippen molar-refractivity contribution in [2.24, 2.45) is 5.92 Å². The van der Waals surface area contributed by atoms with Crippen LogP contribution in [0.3, 0.4) is 0 Å². The van der Waals surface area contributed by atoms with Crippen LogP contribution in [0.25, 0.3) is 0 Å². The first kappa shape index (κ1) is 14.6. The molecule has 2 rings (SSSR count). The van der Waals surface area contributed by atoms with Crippen molar-refractivity contribution in [2.45, 2.75) is 20.4 Å². The minimum Gasteiger partial charge on any atom is -0.435 e. The first-order valence-electron chi connectivity index (χ1n) is 6.25. The Labute approximate surface area is 125 Å². The summed E-state index contributed by atoms with van der Waals surface area (Å²) in [6.45, 7) is 4.71. The van der Waals surface area contributed by atoms with Crippen LogP contribution in [-0.2, 0) is 6.54 Å². The monoisotopic (exact) mass is 337 g/mol. The Balaban J connectivity index is 2.32. The third-order valence-electron chi connectivity index (χ3n) is 2.55. The highest BCUT2D eigenvalue weighted by Crippen LogP contribution is 2.25. The van der Waals surface area contributed by atoms with Crippen molar-refractivity contribution in [3.05, 3.63) is 45.4 Å². The first-order valence-corrected chi connectivity index (χ1v) is 7.04. The Morgan fingerprint density at radius 1 is 1.40 bits per heavy atom. The molecule has 0 aliphatic heterocycles. The second-order valence-corrected chi connectivity index (χ2v) is 5.82. The van der Waals surface area contributed by atoms with E-state index < -0.39 is 0 Å². The van der Waals surface area contributed by atoms with Crippen LogP contribution in [-0.4, -0.2) is 9.55 Å². The highest BCUT2D eigenvalue weighted by molar-refractivity contribution is 9.10. The summed E-state index contributed by atoms with van der Waals surface area (Å²) in [5, 5.41) is 0. The summed E-state index contributed by atoms with van der Waals surface area (Å²) in [5.74, 6) is 0.888. The molecule has 0 aliphatic carbocycles. The molecule has 20 heavy (non-hydrogen) atoms. The van der Waals surface area contributed by atoms with Gasteiger partial charge < -0.3 is 15.0 Å². The fourth-order valence-corrected chi connectivity index (χ4v) is 2.28. The number of nitrogens with two attached hydrogens (primary N) is 1. The van der Waals surface area contributed by atoms with E-state index in [2.05, 4.69) is 20.9 Å². The summed E-state index contributed by atoms with van der Waals surface area (Å²) in [7, 11) is 0. The molecule has 0 saturated carbocycles. The second kappa shape index (κ2) is 6.09. The average Bonchev–Trinajstić information content (AvgIpc) is 2.32. The van der Waals surface area contributed by atoms with Gasteiger partial charge in [0, 0.05) is 35.2 Å². The number of aromatic nitrogens is 2. The van der Waals surface area contributed by atoms with Gasteiger partial charge in [0.15, 0.2) is 0 Å². The van der Waals surface area contributed by atoms with Crippen molar-refractivity contribution in [3.8, 4) is 11.6 Å². The molecule has 0 aliphatic rings. The molecule has 0 saturated heterocycles. The molecular weight excluding hydrogens is 322 g/mol. The highest BCUT2D eigenvalue weighted by atomic mass is 79.9. The molecule has 0 fully saturated rings. The normalized spacial score (nSPS) is 10.8. The van der Waals surface area contributed by atoms with Gasteiger partial charge in [0.05, 0.1) is 0 Å². The molecule has 1 aromatic carbocycles. The van der Waals surface area contributed by atoms with Crippen molar-refractivity contribution in [1.82, 2.24) is 9.55 Å². The van der Waals surface area contributed by atoms with Gasteiger partial charge in [0.1, 0.15) is 5.75 Å². The highest BCUT2D eigenvalue weighted by Gasteiger charge is 2.09. The van der Waals surface area contributed by atoms with E-state index in [0.29, 0.717) is 23.9 Å². The van der Waals surface area contributed by atoms with Crippen molar-refractivity contribution < 1.29 is 4.74 Å². The summed E-state index contributed by atoms with van der Waals surface area (Å²) >= 11 is 3.33. The van der Waals surface area contributed by atoms with E-state index in [-0.39, 0.29) is 11.4 Å². The Morgan fingerprint density at radius 2 is 2.15 bits per heavy atom. The first-order chi connectivity index (χ1) is 9.45. The number of rotatable bonds is 4. The lowest BCUT2D eigenvalue weighted by atomic mass is 10.2. The Bertz CT molecular complexity index is 647. The van der Waals surface area contributed by atoms with Crippen LogP contribution in [0.15, 0.2) is 39.9 Å². The van der Waals surface area contributed by atoms with Crippen molar-refractivity contribution >= 4 is 21.6 Å². The van der Waals surface area contributed by atoms with Gasteiger partial charge in [-0.15, -0.1) is 0 Å². The maximum absolute atomic E-state index is 12.2. The largest absolute Gasteiger partial charge is 0.435 e. The topological polar surface area (TPSA) is 70.1 Å². The minimum atomic E-state index is -0.250. The lowest BCUT2D eigenvalue weighted by Gasteiger charge is -2.10. The standard InChI is InChI=1S/C14H16BrN3O2/c1-9(2)8-18-4-3-17-13(14(18)19)20-12-6-10(15)5-11(16)7-12/h3-7,9H,8,16H2,1-2H3. The lowest BCUT2D eigenvalue weighted by molar-refractivity contribution is 0.432. The van der Waals surface area contributed by atoms with Crippen LogP contribution < -0.4 is 16.0 Å². The van der Waals surface area contributed by atoms with Gasteiger partial charge in [-0.1, -0.05) is 29.8 Å². The van der Waals surface area contributed by atoms with Crippen LogP contribution in [0.4, 0.5) is 5.69 Å². The fraction of sp³-hybridized carbons (Fsp3) is 0.286. The number of hydrogen-bond acceptors (Lipinski definition) is 4. The van der Waals surface area contributed by atoms with Crippen molar-refractivity contribution in [1.29, 1.82) is 0 Å². The second-order valence-electron chi connectivity index (χ2n) is 4.91. The molecule has 6 heteroatoms. The number of ether oxygens (including phenoxy) is 1. The average molecular weight is 338 g/mol. The van der Waals surface area contributed by atoms with Crippen LogP contribution in [0, 0.1) is 5.92 Å². The maximum atomic E-state index is 12.2. The zero-order chi connectivity index (χ0) is 14.7. The summed E-state index contributed by atoms with van der Waals surface area (Å²) in [5.41, 5.74) is 6.03. The van der Waals surface area contributed by atoms with Crippen LogP contribution in [0.2, 0.25) is 0 Å². The Morgan fingerprint density at radius 3 is 2.80 bits per heavy atom. The van der Waals surface area contributed by atoms with Gasteiger partial charge in [-0.3, -0.25) is 4.79 Å². The van der Waals surface area contributed by atoms with Gasteiger partial charge in [0.25, 0.3) is 5.88 Å². The molecule has 0 spiro atoms. The van der Waals surface area contributed by atoms with Crippen LogP contribution in [0.1, 0.15) is 13.8 Å². The molecule has 1 aromatic heterocycles. The predicted octanol–water partition coefficient (Wildman–Crippen LogP) is 3.04. The van der Waals surface area contributed by atoms with Gasteiger partial charge in [-0.05, 0) is 18.1 Å². The molecule has 1 heterocycles. The predicted molar refractivity (Wildman–Crippen MR) is 82.0 cm³/mol. The molecule has 0 unspecified atom stereocenters. The molecule has 0 bridgehead atoms. The van der Waals surface area contributed by atoms with Gasteiger partial charge in [-0.25, -0.2) is 4.98 Å². The van der Waals surface area contributed by atoms with Gasteiger partial charge in [-0.2, -0.15) is 0 Å². The zero-order valence-electron chi connectivity index (χ0n) is 11.3. The van der Waals surface area contributed by atoms with Gasteiger partial charge >= 0.3 is 5.56 Å². The Kier molecular flexibility index (Phi) is 4.44. The smallest absolute Gasteiger partial charge is 0.313 e. The van der Waals surface area contributed by atoms with E-state index in [1.54, 1.807) is 35.2 Å². The molecular formula is C14H16BrN3O2. The van der Waals surface area contributed by atoms with E-state index in [4.69, 9.17) is 10.5 Å². The summed E-state index contributed by atoms with van der Waals surface area (Å²) in [6.07, 6.45) is 3.21. The lowest BCUT2D eigenvalue weighted by Crippen LogP contribution is -2.23. The number of halogens is 1. The van der Waals surface area contributed by atoms with Crippen LogP contribution in [0.5, 0.6) is 11.6 Å². The molecule has 5 nitrogen and oxygen atoms in total. The van der Waals surface area contributed by atoms with E-state index >= 15 is 0 Å². The van der Waals surface area contributed by atoms with Crippen molar-refractivity contribution in [2.75, 3.05) is 5.73 Å². The number of benzene rings is 1. The molecule has 106 valence electrons. The third-order valence-corrected chi connectivity index (χ3v) is 3.01. The van der Waals surface area contributed by atoms with Crippen molar-refractivity contribution in [3.63, 3.8) is 0 Å². The SMILES string of the molecule is CC(C)Cn1ccnc(Oc2cc(N)cc(Br)c2)c1=O. The quantitative estimate of drug-likeness (QED) is 0.870. The van der Waals surface area contributed by atoms with Crippen LogP contribution >= 0.6 is 15.9 Å². The molecule has 0 radical (unpaired) electrons. The molecule has 0 amide bonds. The zero-order valence-corrected chi connectivity index (χ0v) is 12.9. The molecule has 2 aromatic rings. The Hall–Kier alpha value is -1.82. The number of hydrogen-bond donors (Lipinski definition) is 1. The van der Waals surface area contributed by atoms with E-state index in [9.17, 15) is 4.79 Å². The molecule has 2 N–H and O–H groups in total. The third kappa shape index (κ3) is 3.60. The van der Waals surface area contributed by atoms with E-state index in [1.165, 1.54) is 0 Å². The fourth-order valence-electron chi connectivity index (χ4n) is 1.79. The summed E-state index contributed by atoms with van der Waals surface area (Å²) in [4.78, 5) is 16.2. The number of nitrogen functional groups attached to an aromatic ring is 1. The minimum absolute atomic E-state index is 0.0469. The summed E-state index contributed by atoms with van der Waals surface area (Å²) < 4.78 is 7.91. The number of nitrogens with zero attached hydrogens (tertiary/aromatic N) is 2. The summed E-state index contributed by atoms with van der Waals surface area (Å²) in [6, 6.07) is 5.13.